The molecule has 1 aromatic heterocycles. The fourth-order valence-corrected chi connectivity index (χ4v) is 3.77. The number of nitrogens with zero attached hydrogens (tertiary/aromatic N) is 1. The zero-order valence-corrected chi connectivity index (χ0v) is 17.5. The molecule has 2 aromatic rings. The van der Waals surface area contributed by atoms with Crippen molar-refractivity contribution in [1.82, 2.24) is 15.6 Å². The molecule has 10 heteroatoms. The third kappa shape index (κ3) is 6.34. The van der Waals surface area contributed by atoms with Gasteiger partial charge in [0.15, 0.2) is 0 Å². The number of piperidine rings is 1. The van der Waals surface area contributed by atoms with Crippen LogP contribution in [-0.2, 0) is 17.4 Å². The van der Waals surface area contributed by atoms with E-state index in [0.717, 1.165) is 31.6 Å². The van der Waals surface area contributed by atoms with Crippen molar-refractivity contribution in [3.8, 4) is 10.6 Å². The maximum atomic E-state index is 12.8. The molecule has 0 aliphatic carbocycles. The molecule has 1 aliphatic heterocycles. The number of hydrogen-bond acceptors (Lipinski definition) is 4. The Morgan fingerprint density at radius 1 is 1.36 bits per heavy atom. The normalized spacial score (nSPS) is 19.3. The second kappa shape index (κ2) is 10.4. The molecule has 2 N–H and O–H groups in total. The summed E-state index contributed by atoms with van der Waals surface area (Å²) in [5.74, 6) is 0.294. The van der Waals surface area contributed by atoms with Crippen LogP contribution in [0.1, 0.15) is 24.6 Å². The van der Waals surface area contributed by atoms with Crippen molar-refractivity contribution in [2.75, 3.05) is 13.1 Å². The minimum absolute atomic E-state index is 0. The van der Waals surface area contributed by atoms with E-state index in [0.29, 0.717) is 22.2 Å². The van der Waals surface area contributed by atoms with Crippen LogP contribution in [0.15, 0.2) is 29.6 Å². The van der Waals surface area contributed by atoms with Crippen molar-refractivity contribution in [3.05, 3.63) is 40.9 Å². The first-order chi connectivity index (χ1) is 12.3. The molecule has 0 radical (unpaired) electrons. The van der Waals surface area contributed by atoms with Gasteiger partial charge in [0.1, 0.15) is 5.01 Å². The van der Waals surface area contributed by atoms with Crippen molar-refractivity contribution in [1.29, 1.82) is 0 Å². The minimum atomic E-state index is -4.39. The summed E-state index contributed by atoms with van der Waals surface area (Å²) in [6.45, 7) is 3.82. The number of alkyl halides is 3. The van der Waals surface area contributed by atoms with Crippen LogP contribution in [0.2, 0.25) is 0 Å². The topological polar surface area (TPSA) is 54.0 Å². The van der Waals surface area contributed by atoms with Gasteiger partial charge in [-0.1, -0.05) is 19.1 Å². The number of benzene rings is 1. The predicted octanol–water partition coefficient (Wildman–Crippen LogP) is 4.33. The van der Waals surface area contributed by atoms with Crippen LogP contribution in [0.4, 0.5) is 13.2 Å². The Kier molecular flexibility index (Phi) is 9.20. The molecule has 2 heterocycles. The van der Waals surface area contributed by atoms with E-state index in [4.69, 9.17) is 0 Å². The minimum Gasteiger partial charge on any atom is -0.351 e. The van der Waals surface area contributed by atoms with E-state index in [1.165, 1.54) is 17.4 Å². The van der Waals surface area contributed by atoms with Crippen LogP contribution in [0.5, 0.6) is 0 Å². The van der Waals surface area contributed by atoms with Gasteiger partial charge in [-0.3, -0.25) is 4.79 Å². The highest BCUT2D eigenvalue weighted by Gasteiger charge is 2.30. The van der Waals surface area contributed by atoms with Gasteiger partial charge in [-0.25, -0.2) is 4.98 Å². The maximum Gasteiger partial charge on any atom is 0.416 e. The summed E-state index contributed by atoms with van der Waals surface area (Å²) in [5, 5.41) is 8.47. The lowest BCUT2D eigenvalue weighted by Gasteiger charge is -2.30. The molecule has 4 nitrogen and oxygen atoms in total. The van der Waals surface area contributed by atoms with Crippen LogP contribution in [-0.4, -0.2) is 30.0 Å². The summed E-state index contributed by atoms with van der Waals surface area (Å²) in [4.78, 5) is 16.6. The van der Waals surface area contributed by atoms with E-state index in [2.05, 4.69) is 22.5 Å². The van der Waals surface area contributed by atoms with Gasteiger partial charge in [-0.15, -0.1) is 36.2 Å². The molecule has 1 aliphatic rings. The number of aromatic nitrogens is 1. The van der Waals surface area contributed by atoms with Crippen LogP contribution < -0.4 is 10.6 Å². The standard InChI is InChI=1S/C18H20F3N3OS.2ClH/c1-11-5-6-22-9-15(11)24-16(25)8-14-10-26-17(23-14)12-3-2-4-13(7-12)18(19,20)21;;/h2-4,7,10-11,15,22H,5-6,8-9H2,1H3,(H,24,25);2*1H. The second-order valence-corrected chi connectivity index (χ2v) is 7.40. The summed E-state index contributed by atoms with van der Waals surface area (Å²) in [7, 11) is 0. The first-order valence-corrected chi connectivity index (χ1v) is 9.33. The molecule has 2 atom stereocenters. The Balaban J connectivity index is 0.00000196. The van der Waals surface area contributed by atoms with Gasteiger partial charge in [-0.2, -0.15) is 13.2 Å². The zero-order valence-electron chi connectivity index (χ0n) is 15.1. The summed E-state index contributed by atoms with van der Waals surface area (Å²) >= 11 is 1.24. The molecule has 1 amide bonds. The number of carbonyl (C=O) groups is 1. The van der Waals surface area contributed by atoms with Gasteiger partial charge in [0.05, 0.1) is 17.7 Å². The average Bonchev–Trinajstić information content (AvgIpc) is 3.05. The van der Waals surface area contributed by atoms with E-state index in [1.54, 1.807) is 11.4 Å². The fourth-order valence-electron chi connectivity index (χ4n) is 2.95. The van der Waals surface area contributed by atoms with Crippen LogP contribution in [0, 0.1) is 5.92 Å². The highest BCUT2D eigenvalue weighted by atomic mass is 35.5. The molecule has 28 heavy (non-hydrogen) atoms. The van der Waals surface area contributed by atoms with Crippen molar-refractivity contribution >= 4 is 42.1 Å². The van der Waals surface area contributed by atoms with E-state index in [1.807, 2.05) is 0 Å². The lowest BCUT2D eigenvalue weighted by atomic mass is 9.95. The molecular formula is C18H22Cl2F3N3OS. The molecule has 1 fully saturated rings. The monoisotopic (exact) mass is 455 g/mol. The highest BCUT2D eigenvalue weighted by molar-refractivity contribution is 7.13. The summed E-state index contributed by atoms with van der Waals surface area (Å²) in [6.07, 6.45) is -3.25. The predicted molar refractivity (Wildman–Crippen MR) is 109 cm³/mol. The first-order valence-electron chi connectivity index (χ1n) is 8.45. The van der Waals surface area contributed by atoms with Gasteiger partial charge in [0.2, 0.25) is 5.91 Å². The van der Waals surface area contributed by atoms with Gasteiger partial charge >= 0.3 is 6.18 Å². The number of hydrogen-bond donors (Lipinski definition) is 2. The molecule has 0 spiro atoms. The van der Waals surface area contributed by atoms with Gasteiger partial charge in [0.25, 0.3) is 0 Å². The van der Waals surface area contributed by atoms with E-state index in [9.17, 15) is 18.0 Å². The number of nitrogens with one attached hydrogen (secondary N) is 2. The number of carbonyl (C=O) groups excluding carboxylic acids is 1. The Labute approximate surface area is 178 Å². The Hall–Kier alpha value is -1.35. The Morgan fingerprint density at radius 3 is 2.79 bits per heavy atom. The molecule has 3 rings (SSSR count). The number of rotatable bonds is 4. The highest BCUT2D eigenvalue weighted by Crippen LogP contribution is 2.33. The third-order valence-electron chi connectivity index (χ3n) is 4.50. The molecule has 156 valence electrons. The van der Waals surface area contributed by atoms with Gasteiger partial charge < -0.3 is 10.6 Å². The van der Waals surface area contributed by atoms with Gasteiger partial charge in [0, 0.05) is 23.5 Å². The van der Waals surface area contributed by atoms with Gasteiger partial charge in [-0.05, 0) is 31.0 Å². The Bertz CT molecular complexity index is 785. The summed E-state index contributed by atoms with van der Waals surface area (Å²) in [6, 6.07) is 5.16. The summed E-state index contributed by atoms with van der Waals surface area (Å²) < 4.78 is 38.5. The van der Waals surface area contributed by atoms with Crippen LogP contribution in [0.25, 0.3) is 10.6 Å². The van der Waals surface area contributed by atoms with Crippen LogP contribution >= 0.6 is 36.2 Å². The third-order valence-corrected chi connectivity index (χ3v) is 5.44. The lowest BCUT2D eigenvalue weighted by Crippen LogP contribution is -2.50. The second-order valence-electron chi connectivity index (χ2n) is 6.54. The summed E-state index contributed by atoms with van der Waals surface area (Å²) in [5.41, 5.74) is 0.265. The SMILES string of the molecule is CC1CCNCC1NC(=O)Cc1csc(-c2cccc(C(F)(F)F)c2)n1.Cl.Cl. The Morgan fingerprint density at radius 2 is 2.11 bits per heavy atom. The smallest absolute Gasteiger partial charge is 0.351 e. The maximum absolute atomic E-state index is 12.8. The van der Waals surface area contributed by atoms with Crippen LogP contribution in [0.3, 0.4) is 0 Å². The fraction of sp³-hybridized carbons (Fsp3) is 0.444. The van der Waals surface area contributed by atoms with Crippen molar-refractivity contribution in [2.45, 2.75) is 32.0 Å². The number of halogens is 5. The first kappa shape index (κ1) is 24.7. The van der Waals surface area contributed by atoms with Crippen molar-refractivity contribution < 1.29 is 18.0 Å². The molecule has 0 bridgehead atoms. The van der Waals surface area contributed by atoms with Crippen molar-refractivity contribution in [2.24, 2.45) is 5.92 Å². The average molecular weight is 456 g/mol. The van der Waals surface area contributed by atoms with E-state index in [-0.39, 0.29) is 43.2 Å². The van der Waals surface area contributed by atoms with E-state index < -0.39 is 11.7 Å². The van der Waals surface area contributed by atoms with Crippen molar-refractivity contribution in [3.63, 3.8) is 0 Å². The zero-order chi connectivity index (χ0) is 18.7. The quantitative estimate of drug-likeness (QED) is 0.721. The largest absolute Gasteiger partial charge is 0.416 e. The molecule has 0 saturated carbocycles. The lowest BCUT2D eigenvalue weighted by molar-refractivity contribution is -0.137. The number of thiazole rings is 1. The molecule has 1 aromatic carbocycles. The number of amides is 1. The molecule has 1 saturated heterocycles. The van der Waals surface area contributed by atoms with E-state index >= 15 is 0 Å². The molecular weight excluding hydrogens is 434 g/mol. The molecule has 2 unspecified atom stereocenters.